The van der Waals surface area contributed by atoms with Crippen molar-refractivity contribution in [3.8, 4) is 11.5 Å². The van der Waals surface area contributed by atoms with E-state index >= 15 is 0 Å². The minimum Gasteiger partial charge on any atom is -0.486 e. The average Bonchev–Trinajstić information content (AvgIpc) is 3.00. The van der Waals surface area contributed by atoms with E-state index in [2.05, 4.69) is 24.4 Å². The van der Waals surface area contributed by atoms with Gasteiger partial charge in [0.15, 0.2) is 11.5 Å². The predicted molar refractivity (Wildman–Crippen MR) is 52.9 cm³/mol. The Bertz CT molecular complexity index is 372. The molecule has 0 aromatic heterocycles. The lowest BCUT2D eigenvalue weighted by Crippen LogP contribution is -2.15. The van der Waals surface area contributed by atoms with Crippen LogP contribution in [0, 0.1) is 6.92 Å². The van der Waals surface area contributed by atoms with Crippen molar-refractivity contribution in [2.45, 2.75) is 13.0 Å². The summed E-state index contributed by atoms with van der Waals surface area (Å²) in [6.07, 6.45) is 0. The van der Waals surface area contributed by atoms with E-state index in [1.807, 2.05) is 0 Å². The van der Waals surface area contributed by atoms with Gasteiger partial charge in [0.25, 0.3) is 0 Å². The molecule has 2 heterocycles. The van der Waals surface area contributed by atoms with E-state index in [4.69, 9.17) is 9.47 Å². The second kappa shape index (κ2) is 2.89. The van der Waals surface area contributed by atoms with E-state index in [1.54, 1.807) is 0 Å². The zero-order valence-corrected chi connectivity index (χ0v) is 8.17. The first-order valence-corrected chi connectivity index (χ1v) is 4.98. The molecule has 0 spiro atoms. The first kappa shape index (κ1) is 8.12. The number of nitrogens with one attached hydrogen (secondary N) is 1. The highest BCUT2D eigenvalue weighted by molar-refractivity contribution is 5.49. The van der Waals surface area contributed by atoms with Gasteiger partial charge in [-0.2, -0.15) is 0 Å². The Morgan fingerprint density at radius 2 is 1.86 bits per heavy atom. The second-order valence-electron chi connectivity index (χ2n) is 3.81. The molecule has 0 radical (unpaired) electrons. The number of aryl methyl sites for hydroxylation is 1. The highest BCUT2D eigenvalue weighted by Gasteiger charge is 2.26. The van der Waals surface area contributed by atoms with Crippen molar-refractivity contribution < 1.29 is 9.47 Å². The van der Waals surface area contributed by atoms with Crippen molar-refractivity contribution >= 4 is 0 Å². The van der Waals surface area contributed by atoms with Gasteiger partial charge in [-0.3, -0.25) is 0 Å². The summed E-state index contributed by atoms with van der Waals surface area (Å²) in [5.41, 5.74) is 2.62. The maximum absolute atomic E-state index is 5.54. The lowest BCUT2D eigenvalue weighted by molar-refractivity contribution is 0.171. The fraction of sp³-hybridized carbons (Fsp3) is 0.455. The monoisotopic (exact) mass is 191 g/mol. The molecule has 2 aliphatic heterocycles. The molecule has 14 heavy (non-hydrogen) atoms. The van der Waals surface area contributed by atoms with E-state index < -0.39 is 0 Å². The Morgan fingerprint density at radius 3 is 2.50 bits per heavy atom. The van der Waals surface area contributed by atoms with Crippen LogP contribution in [0.3, 0.4) is 0 Å². The van der Waals surface area contributed by atoms with Gasteiger partial charge in [0.05, 0.1) is 0 Å². The number of hydrogen-bond donors (Lipinski definition) is 1. The van der Waals surface area contributed by atoms with Gasteiger partial charge in [0.2, 0.25) is 0 Å². The molecular weight excluding hydrogens is 178 g/mol. The lowest BCUT2D eigenvalue weighted by atomic mass is 10.0. The maximum Gasteiger partial charge on any atom is 0.161 e. The van der Waals surface area contributed by atoms with Crippen LogP contribution in [0.5, 0.6) is 11.5 Å². The van der Waals surface area contributed by atoms with Gasteiger partial charge in [-0.1, -0.05) is 0 Å². The molecule has 0 amide bonds. The molecule has 1 N–H and O–H groups in total. The number of rotatable bonds is 1. The molecule has 3 rings (SSSR count). The van der Waals surface area contributed by atoms with Crippen LogP contribution in [-0.2, 0) is 0 Å². The Morgan fingerprint density at radius 1 is 1.21 bits per heavy atom. The van der Waals surface area contributed by atoms with E-state index in [1.165, 1.54) is 11.1 Å². The van der Waals surface area contributed by atoms with Gasteiger partial charge in [-0.25, -0.2) is 0 Å². The van der Waals surface area contributed by atoms with Crippen LogP contribution in [0.25, 0.3) is 0 Å². The van der Waals surface area contributed by atoms with Gasteiger partial charge in [-0.15, -0.1) is 0 Å². The van der Waals surface area contributed by atoms with E-state index in [-0.39, 0.29) is 0 Å². The fourth-order valence-electron chi connectivity index (χ4n) is 1.86. The minimum absolute atomic E-state index is 0.533. The summed E-state index contributed by atoms with van der Waals surface area (Å²) in [4.78, 5) is 0. The lowest BCUT2D eigenvalue weighted by Gasteiger charge is -2.20. The molecule has 74 valence electrons. The van der Waals surface area contributed by atoms with E-state index in [0.717, 1.165) is 18.0 Å². The van der Waals surface area contributed by atoms with Crippen molar-refractivity contribution in [1.82, 2.24) is 5.32 Å². The molecule has 3 heteroatoms. The minimum atomic E-state index is 0.533. The smallest absolute Gasteiger partial charge is 0.161 e. The van der Waals surface area contributed by atoms with E-state index in [9.17, 15) is 0 Å². The van der Waals surface area contributed by atoms with E-state index in [0.29, 0.717) is 19.3 Å². The van der Waals surface area contributed by atoms with Crippen molar-refractivity contribution in [2.24, 2.45) is 0 Å². The summed E-state index contributed by atoms with van der Waals surface area (Å²) in [6.45, 7) is 4.52. The summed E-state index contributed by atoms with van der Waals surface area (Å²) in [5, 5.41) is 3.30. The molecule has 1 saturated heterocycles. The summed E-state index contributed by atoms with van der Waals surface area (Å²) < 4.78 is 11.1. The first-order valence-electron chi connectivity index (χ1n) is 4.98. The molecule has 0 bridgehead atoms. The summed E-state index contributed by atoms with van der Waals surface area (Å²) >= 11 is 0. The molecule has 1 aromatic rings. The first-order chi connectivity index (χ1) is 6.84. The third kappa shape index (κ3) is 1.24. The molecule has 0 saturated carbocycles. The summed E-state index contributed by atoms with van der Waals surface area (Å²) in [7, 11) is 0. The fourth-order valence-corrected chi connectivity index (χ4v) is 1.86. The molecule has 1 aromatic carbocycles. The van der Waals surface area contributed by atoms with Gasteiger partial charge in [0, 0.05) is 12.6 Å². The quantitative estimate of drug-likeness (QED) is 0.682. The standard InChI is InChI=1S/C11H13NO2/c1-7-4-10-11(14-3-2-13-10)5-8(7)9-6-12-9/h4-5,9,12H,2-3,6H2,1H3. The molecule has 1 fully saturated rings. The van der Waals surface area contributed by atoms with Crippen LogP contribution in [0.15, 0.2) is 12.1 Å². The average molecular weight is 191 g/mol. The van der Waals surface area contributed by atoms with Crippen LogP contribution >= 0.6 is 0 Å². The van der Waals surface area contributed by atoms with Gasteiger partial charge in [0.1, 0.15) is 13.2 Å². The third-order valence-corrected chi connectivity index (χ3v) is 2.71. The Kier molecular flexibility index (Phi) is 1.67. The number of benzene rings is 1. The number of ether oxygens (including phenoxy) is 2. The third-order valence-electron chi connectivity index (χ3n) is 2.71. The zero-order valence-electron chi connectivity index (χ0n) is 8.17. The topological polar surface area (TPSA) is 40.4 Å². The molecule has 1 unspecified atom stereocenters. The highest BCUT2D eigenvalue weighted by Crippen LogP contribution is 2.36. The van der Waals surface area contributed by atoms with Crippen molar-refractivity contribution in [3.63, 3.8) is 0 Å². The number of fused-ring (bicyclic) bond motifs is 1. The highest BCUT2D eigenvalue weighted by atomic mass is 16.6. The Labute approximate surface area is 83.0 Å². The van der Waals surface area contributed by atoms with Gasteiger partial charge >= 0.3 is 0 Å². The molecule has 3 nitrogen and oxygen atoms in total. The normalized spacial score (nSPS) is 23.4. The van der Waals surface area contributed by atoms with Crippen LogP contribution in [0.1, 0.15) is 17.2 Å². The summed E-state index contributed by atoms with van der Waals surface area (Å²) in [5.74, 6) is 1.78. The van der Waals surface area contributed by atoms with Crippen molar-refractivity contribution in [3.05, 3.63) is 23.3 Å². The molecule has 2 aliphatic rings. The summed E-state index contributed by atoms with van der Waals surface area (Å²) in [6, 6.07) is 4.71. The van der Waals surface area contributed by atoms with Crippen LogP contribution < -0.4 is 14.8 Å². The maximum atomic E-state index is 5.54. The predicted octanol–water partition coefficient (Wildman–Crippen LogP) is 1.41. The van der Waals surface area contributed by atoms with Crippen LogP contribution in [-0.4, -0.2) is 19.8 Å². The van der Waals surface area contributed by atoms with Crippen molar-refractivity contribution in [2.75, 3.05) is 19.8 Å². The van der Waals surface area contributed by atoms with Crippen LogP contribution in [0.2, 0.25) is 0 Å². The Hall–Kier alpha value is -1.22. The zero-order chi connectivity index (χ0) is 9.54. The van der Waals surface area contributed by atoms with Crippen LogP contribution in [0.4, 0.5) is 0 Å². The SMILES string of the molecule is Cc1cc2c(cc1C1CN1)OCCO2. The van der Waals surface area contributed by atoms with Gasteiger partial charge < -0.3 is 14.8 Å². The molecule has 1 atom stereocenters. The van der Waals surface area contributed by atoms with Crippen molar-refractivity contribution in [1.29, 1.82) is 0 Å². The molecular formula is C11H13NO2. The largest absolute Gasteiger partial charge is 0.486 e. The molecule has 0 aliphatic carbocycles. The Balaban J connectivity index is 2.05. The second-order valence-corrected chi connectivity index (χ2v) is 3.81. The van der Waals surface area contributed by atoms with Gasteiger partial charge in [-0.05, 0) is 30.2 Å². The number of hydrogen-bond acceptors (Lipinski definition) is 3.